The molecule has 100 valence electrons. The van der Waals surface area contributed by atoms with E-state index in [1.807, 2.05) is 6.92 Å². The van der Waals surface area contributed by atoms with Crippen molar-refractivity contribution >= 4 is 28.5 Å². The van der Waals surface area contributed by atoms with Gasteiger partial charge >= 0.3 is 12.0 Å². The largest absolute Gasteiger partial charge is 0.480 e. The molecular weight excluding hydrogens is 260 g/mol. The monoisotopic (exact) mass is 274 g/mol. The number of anilines is 1. The Balaban J connectivity index is 2.57. The first-order valence-corrected chi connectivity index (χ1v) is 6.06. The van der Waals surface area contributed by atoms with E-state index in [1.165, 1.54) is 18.3 Å². The summed E-state index contributed by atoms with van der Waals surface area (Å²) in [5.41, 5.74) is 0. The highest BCUT2D eigenvalue weighted by atomic mass is 32.1. The second kappa shape index (κ2) is 6.26. The van der Waals surface area contributed by atoms with Crippen LogP contribution < -0.4 is 10.6 Å². The molecule has 0 saturated carbocycles. The zero-order chi connectivity index (χ0) is 13.7. The quantitative estimate of drug-likeness (QED) is 0.601. The molecule has 0 saturated heterocycles. The Morgan fingerprint density at radius 3 is 2.56 bits per heavy atom. The van der Waals surface area contributed by atoms with Gasteiger partial charge in [0.25, 0.3) is 0 Å². The lowest BCUT2D eigenvalue weighted by Crippen LogP contribution is -2.49. The smallest absolute Gasteiger partial charge is 0.328 e. The number of amides is 2. The van der Waals surface area contributed by atoms with E-state index in [2.05, 4.69) is 20.8 Å². The van der Waals surface area contributed by atoms with Gasteiger partial charge in [-0.1, -0.05) is 18.3 Å². The fraction of sp³-hybridized carbons (Fsp3) is 0.556. The van der Waals surface area contributed by atoms with E-state index in [-0.39, 0.29) is 5.13 Å². The maximum atomic E-state index is 11.5. The van der Waals surface area contributed by atoms with Crippen molar-refractivity contribution in [2.75, 3.05) is 5.32 Å². The first-order valence-electron chi connectivity index (χ1n) is 5.24. The fourth-order valence-electron chi connectivity index (χ4n) is 1.11. The first kappa shape index (κ1) is 14.3. The molecule has 0 radical (unpaired) electrons. The third-order valence-electron chi connectivity index (χ3n) is 2.02. The Bertz CT molecular complexity index is 434. The number of carbonyl (C=O) groups is 2. The van der Waals surface area contributed by atoms with Crippen LogP contribution >= 0.6 is 11.3 Å². The third kappa shape index (κ3) is 3.93. The summed E-state index contributed by atoms with van der Waals surface area (Å²) in [5.74, 6) is -1.31. The number of nitrogens with zero attached hydrogens (tertiary/aromatic N) is 2. The van der Waals surface area contributed by atoms with Crippen LogP contribution in [-0.4, -0.2) is 44.6 Å². The van der Waals surface area contributed by atoms with Crippen molar-refractivity contribution in [3.05, 3.63) is 5.01 Å². The number of hydrogen-bond donors (Lipinski definition) is 4. The molecule has 2 amide bonds. The van der Waals surface area contributed by atoms with Crippen LogP contribution in [0.4, 0.5) is 9.93 Å². The zero-order valence-electron chi connectivity index (χ0n) is 9.88. The number of aromatic nitrogens is 2. The normalized spacial score (nSPS) is 13.7. The molecule has 2 atom stereocenters. The third-order valence-corrected chi connectivity index (χ3v) is 3.01. The Hall–Kier alpha value is -1.74. The van der Waals surface area contributed by atoms with Gasteiger partial charge in [0.05, 0.1) is 6.10 Å². The van der Waals surface area contributed by atoms with E-state index in [0.717, 1.165) is 5.01 Å². The maximum absolute atomic E-state index is 11.5. The summed E-state index contributed by atoms with van der Waals surface area (Å²) in [6.07, 6.45) is -0.499. The molecular formula is C9H14N4O4S. The SMILES string of the molecule is CCc1nnc(NC(=O)N[C@H](C(=O)O)[C@@H](C)O)s1. The molecule has 0 fully saturated rings. The van der Waals surface area contributed by atoms with Crippen molar-refractivity contribution in [3.63, 3.8) is 0 Å². The highest BCUT2D eigenvalue weighted by Crippen LogP contribution is 2.15. The molecule has 1 rings (SSSR count). The van der Waals surface area contributed by atoms with E-state index in [9.17, 15) is 14.7 Å². The highest BCUT2D eigenvalue weighted by Gasteiger charge is 2.25. The van der Waals surface area contributed by atoms with Crippen LogP contribution in [0, 0.1) is 0 Å². The molecule has 0 aliphatic heterocycles. The van der Waals surface area contributed by atoms with Crippen LogP contribution in [0.1, 0.15) is 18.9 Å². The summed E-state index contributed by atoms with van der Waals surface area (Å²) >= 11 is 1.20. The average Bonchev–Trinajstić information content (AvgIpc) is 2.72. The molecule has 0 aromatic carbocycles. The van der Waals surface area contributed by atoms with Gasteiger partial charge in [-0.3, -0.25) is 5.32 Å². The van der Waals surface area contributed by atoms with E-state index in [0.29, 0.717) is 6.42 Å². The van der Waals surface area contributed by atoms with Crippen molar-refractivity contribution in [2.45, 2.75) is 32.4 Å². The van der Waals surface area contributed by atoms with Gasteiger partial charge in [0, 0.05) is 0 Å². The molecule has 4 N–H and O–H groups in total. The minimum absolute atomic E-state index is 0.277. The lowest BCUT2D eigenvalue weighted by Gasteiger charge is -2.16. The second-order valence-electron chi connectivity index (χ2n) is 3.51. The summed E-state index contributed by atoms with van der Waals surface area (Å²) in [6.45, 7) is 3.18. The summed E-state index contributed by atoms with van der Waals surface area (Å²) in [4.78, 5) is 22.2. The Labute approximate surface area is 107 Å². The summed E-state index contributed by atoms with van der Waals surface area (Å²) in [7, 11) is 0. The number of urea groups is 1. The van der Waals surface area contributed by atoms with Crippen molar-refractivity contribution in [1.29, 1.82) is 0 Å². The molecule has 0 unspecified atom stereocenters. The fourth-order valence-corrected chi connectivity index (χ4v) is 1.78. The van der Waals surface area contributed by atoms with E-state index >= 15 is 0 Å². The zero-order valence-corrected chi connectivity index (χ0v) is 10.7. The maximum Gasteiger partial charge on any atom is 0.328 e. The van der Waals surface area contributed by atoms with Crippen molar-refractivity contribution < 1.29 is 19.8 Å². The van der Waals surface area contributed by atoms with Gasteiger partial charge in [0.15, 0.2) is 6.04 Å². The summed E-state index contributed by atoms with van der Waals surface area (Å²) in [6, 6.07) is -2.12. The predicted octanol–water partition coefficient (Wildman–Crippen LogP) is 0.0560. The van der Waals surface area contributed by atoms with Gasteiger partial charge in [-0.2, -0.15) is 0 Å². The van der Waals surface area contributed by atoms with Gasteiger partial charge in [-0.25, -0.2) is 9.59 Å². The number of aliphatic hydroxyl groups is 1. The number of hydrogen-bond acceptors (Lipinski definition) is 6. The lowest BCUT2D eigenvalue weighted by molar-refractivity contribution is -0.141. The molecule has 1 aromatic heterocycles. The van der Waals surface area contributed by atoms with Gasteiger partial charge in [-0.05, 0) is 13.3 Å². The Morgan fingerprint density at radius 1 is 1.44 bits per heavy atom. The van der Waals surface area contributed by atoms with Crippen LogP contribution in [0.2, 0.25) is 0 Å². The number of carbonyl (C=O) groups excluding carboxylic acids is 1. The summed E-state index contributed by atoms with van der Waals surface area (Å²) < 4.78 is 0. The van der Waals surface area contributed by atoms with Gasteiger partial charge in [0.1, 0.15) is 5.01 Å². The number of nitrogens with one attached hydrogen (secondary N) is 2. The Kier molecular flexibility index (Phi) is 4.98. The molecule has 0 bridgehead atoms. The second-order valence-corrected chi connectivity index (χ2v) is 4.57. The topological polar surface area (TPSA) is 124 Å². The first-order chi connectivity index (χ1) is 8.43. The number of carboxylic acids is 1. The van der Waals surface area contributed by atoms with Crippen LogP contribution in [0.25, 0.3) is 0 Å². The van der Waals surface area contributed by atoms with Crippen LogP contribution in [-0.2, 0) is 11.2 Å². The number of carboxylic acid groups (broad SMARTS) is 1. The molecule has 9 heteroatoms. The number of rotatable bonds is 5. The predicted molar refractivity (Wildman–Crippen MR) is 64.5 cm³/mol. The van der Waals surface area contributed by atoms with E-state index < -0.39 is 24.1 Å². The number of aryl methyl sites for hydroxylation is 1. The average molecular weight is 274 g/mol. The minimum atomic E-state index is -1.37. The van der Waals surface area contributed by atoms with Crippen molar-refractivity contribution in [1.82, 2.24) is 15.5 Å². The van der Waals surface area contributed by atoms with E-state index in [1.54, 1.807) is 0 Å². The van der Waals surface area contributed by atoms with Gasteiger partial charge < -0.3 is 15.5 Å². The molecule has 0 spiro atoms. The van der Waals surface area contributed by atoms with Crippen molar-refractivity contribution in [2.24, 2.45) is 0 Å². The molecule has 1 heterocycles. The van der Waals surface area contributed by atoms with Crippen molar-refractivity contribution in [3.8, 4) is 0 Å². The van der Waals surface area contributed by atoms with Crippen LogP contribution in [0.15, 0.2) is 0 Å². The van der Waals surface area contributed by atoms with Crippen LogP contribution in [0.5, 0.6) is 0 Å². The van der Waals surface area contributed by atoms with E-state index in [4.69, 9.17) is 5.11 Å². The molecule has 8 nitrogen and oxygen atoms in total. The molecule has 18 heavy (non-hydrogen) atoms. The standard InChI is InChI=1S/C9H14N4O4S/c1-3-5-12-13-9(18-5)11-8(17)10-6(4(2)14)7(15)16/h4,6,14H,3H2,1-2H3,(H,15,16)(H2,10,11,13,17)/t4-,6+/m1/s1. The Morgan fingerprint density at radius 2 is 2.11 bits per heavy atom. The highest BCUT2D eigenvalue weighted by molar-refractivity contribution is 7.15. The molecule has 0 aliphatic carbocycles. The number of aliphatic hydroxyl groups excluding tert-OH is 1. The molecule has 0 aliphatic rings. The molecule has 1 aromatic rings. The summed E-state index contributed by atoms with van der Waals surface area (Å²) in [5, 5.41) is 31.0. The van der Waals surface area contributed by atoms with Gasteiger partial charge in [0.2, 0.25) is 5.13 Å². The minimum Gasteiger partial charge on any atom is -0.480 e. The lowest BCUT2D eigenvalue weighted by atomic mass is 10.2. The van der Waals surface area contributed by atoms with Gasteiger partial charge in [-0.15, -0.1) is 10.2 Å². The van der Waals surface area contributed by atoms with Crippen LogP contribution in [0.3, 0.4) is 0 Å². The number of aliphatic carboxylic acids is 1.